The van der Waals surface area contributed by atoms with Crippen molar-refractivity contribution in [2.75, 3.05) is 35.0 Å². The number of methoxy groups -OCH3 is 4. The zero-order valence-electron chi connectivity index (χ0n) is 17.3. The molecular weight excluding hydrogens is 366 g/mol. The van der Waals surface area contributed by atoms with Crippen LogP contribution in [0.5, 0.6) is 23.0 Å². The molecule has 0 unspecified atom stereocenters. The summed E-state index contributed by atoms with van der Waals surface area (Å²) in [6.45, 7) is 2.00. The van der Waals surface area contributed by atoms with Crippen molar-refractivity contribution in [1.29, 1.82) is 0 Å². The summed E-state index contributed by atoms with van der Waals surface area (Å²) < 4.78 is 22.7. The highest BCUT2D eigenvalue weighted by Crippen LogP contribution is 2.48. The van der Waals surface area contributed by atoms with Gasteiger partial charge in [-0.3, -0.25) is 0 Å². The summed E-state index contributed by atoms with van der Waals surface area (Å²) in [7, 11) is 6.73. The van der Waals surface area contributed by atoms with E-state index in [-0.39, 0.29) is 0 Å². The van der Waals surface area contributed by atoms with Crippen LogP contribution in [0.4, 0.5) is 0 Å². The average molecular weight is 391 g/mol. The van der Waals surface area contributed by atoms with Gasteiger partial charge < -0.3 is 23.8 Å². The lowest BCUT2D eigenvalue weighted by molar-refractivity contribution is 0.348. The van der Waals surface area contributed by atoms with Crippen molar-refractivity contribution in [3.05, 3.63) is 47.2 Å². The first kappa shape index (κ1) is 18.0. The van der Waals surface area contributed by atoms with Crippen LogP contribution in [0.3, 0.4) is 0 Å². The Morgan fingerprint density at radius 3 is 2.17 bits per heavy atom. The van der Waals surface area contributed by atoms with E-state index in [0.29, 0.717) is 5.75 Å². The van der Waals surface area contributed by atoms with E-state index in [1.807, 2.05) is 6.07 Å². The molecule has 0 aliphatic carbocycles. The molecule has 3 aromatic rings. The van der Waals surface area contributed by atoms with Crippen LogP contribution in [0.2, 0.25) is 0 Å². The van der Waals surface area contributed by atoms with E-state index in [1.165, 1.54) is 27.6 Å². The quantitative estimate of drug-likeness (QED) is 0.605. The summed E-state index contributed by atoms with van der Waals surface area (Å²) in [6.07, 6.45) is 4.42. The average Bonchev–Trinajstić information content (AvgIpc) is 3.23. The zero-order chi connectivity index (χ0) is 20.1. The molecule has 0 atom stereocenters. The van der Waals surface area contributed by atoms with Gasteiger partial charge in [0, 0.05) is 30.6 Å². The molecule has 0 aromatic heterocycles. The molecule has 29 heavy (non-hydrogen) atoms. The lowest BCUT2D eigenvalue weighted by atomic mass is 9.86. The van der Waals surface area contributed by atoms with E-state index in [0.717, 1.165) is 54.0 Å². The molecule has 0 fully saturated rings. The van der Waals surface area contributed by atoms with Gasteiger partial charge in [-0.2, -0.15) is 0 Å². The minimum atomic E-state index is 0.712. The molecule has 3 aromatic carbocycles. The Labute approximate surface area is 170 Å². The van der Waals surface area contributed by atoms with E-state index in [1.54, 1.807) is 28.4 Å². The van der Waals surface area contributed by atoms with Crippen molar-refractivity contribution in [3.8, 4) is 23.0 Å². The summed E-state index contributed by atoms with van der Waals surface area (Å²) in [5, 5.41) is 4.56. The van der Waals surface area contributed by atoms with Gasteiger partial charge in [0.15, 0.2) is 23.0 Å². The van der Waals surface area contributed by atoms with Crippen LogP contribution < -0.4 is 18.9 Å². The number of benzene rings is 3. The maximum atomic E-state index is 5.84. The zero-order valence-corrected chi connectivity index (χ0v) is 17.3. The molecule has 150 valence electrons. The van der Waals surface area contributed by atoms with E-state index < -0.39 is 0 Å². The van der Waals surface area contributed by atoms with Gasteiger partial charge >= 0.3 is 0 Å². The molecule has 0 saturated carbocycles. The Kier molecular flexibility index (Phi) is 4.19. The van der Waals surface area contributed by atoms with Crippen LogP contribution in [-0.4, -0.2) is 39.9 Å². The van der Waals surface area contributed by atoms with Crippen LogP contribution in [0.15, 0.2) is 36.0 Å². The van der Waals surface area contributed by atoms with Crippen LogP contribution in [0, 0.1) is 0 Å². The largest absolute Gasteiger partial charge is 0.493 e. The third-order valence-corrected chi connectivity index (χ3v) is 6.25. The van der Waals surface area contributed by atoms with Crippen LogP contribution in [0.25, 0.3) is 21.5 Å². The fourth-order valence-corrected chi connectivity index (χ4v) is 4.89. The highest BCUT2D eigenvalue weighted by Gasteiger charge is 2.28. The number of hydrogen-bond acceptors (Lipinski definition) is 5. The van der Waals surface area contributed by atoms with Gasteiger partial charge in [-0.25, -0.2) is 0 Å². The van der Waals surface area contributed by atoms with Crippen molar-refractivity contribution in [1.82, 2.24) is 4.90 Å². The maximum Gasteiger partial charge on any atom is 0.169 e. The van der Waals surface area contributed by atoms with Gasteiger partial charge in [0.2, 0.25) is 0 Å². The molecule has 0 N–H and O–H groups in total. The summed E-state index contributed by atoms with van der Waals surface area (Å²) >= 11 is 0. The van der Waals surface area contributed by atoms with Gasteiger partial charge in [0.1, 0.15) is 0 Å². The molecule has 2 aliphatic rings. The van der Waals surface area contributed by atoms with Crippen molar-refractivity contribution in [2.24, 2.45) is 0 Å². The van der Waals surface area contributed by atoms with Crippen LogP contribution >= 0.6 is 0 Å². The summed E-state index contributed by atoms with van der Waals surface area (Å²) in [5.74, 6) is 2.94. The van der Waals surface area contributed by atoms with Crippen molar-refractivity contribution < 1.29 is 18.9 Å². The van der Waals surface area contributed by atoms with Gasteiger partial charge in [-0.15, -0.1) is 0 Å². The Morgan fingerprint density at radius 1 is 0.759 bits per heavy atom. The molecule has 0 bridgehead atoms. The lowest BCUT2D eigenvalue weighted by Gasteiger charge is -2.32. The maximum absolute atomic E-state index is 5.84. The highest BCUT2D eigenvalue weighted by molar-refractivity contribution is 6.15. The minimum Gasteiger partial charge on any atom is -0.493 e. The molecule has 5 nitrogen and oxygen atoms in total. The Balaban J connectivity index is 1.96. The third kappa shape index (κ3) is 2.53. The Bertz CT molecular complexity index is 1170. The summed E-state index contributed by atoms with van der Waals surface area (Å²) in [5.41, 5.74) is 4.15. The van der Waals surface area contributed by atoms with Crippen molar-refractivity contribution in [3.63, 3.8) is 0 Å². The minimum absolute atomic E-state index is 0.712. The fraction of sp³-hybridized carbons (Fsp3) is 0.333. The van der Waals surface area contributed by atoms with Crippen molar-refractivity contribution in [2.45, 2.75) is 19.4 Å². The molecule has 0 saturated heterocycles. The number of hydrogen-bond donors (Lipinski definition) is 0. The number of ether oxygens (including phenoxy) is 4. The summed E-state index contributed by atoms with van der Waals surface area (Å²) in [4.78, 5) is 2.49. The molecule has 2 heterocycles. The molecule has 0 spiro atoms. The van der Waals surface area contributed by atoms with Gasteiger partial charge in [-0.1, -0.05) is 12.1 Å². The standard InChI is InChI=1S/C24H25NO4/c1-26-20-8-7-15-16-10-14-6-5-9-25(14)13-19(16)17-11-21(27-2)22(28-3)12-18(17)23(15)24(20)29-4/h6-8,11-12H,5,9-10,13H2,1-4H3. The molecule has 0 radical (unpaired) electrons. The lowest BCUT2D eigenvalue weighted by Crippen LogP contribution is -2.26. The summed E-state index contributed by atoms with van der Waals surface area (Å²) in [6, 6.07) is 8.34. The SMILES string of the molecule is COc1cc2c3c(c4ccc(OC)c(OC)c4c2cc1OC)CC1=CCCN1C3. The number of nitrogens with zero attached hydrogens (tertiary/aromatic N) is 1. The van der Waals surface area contributed by atoms with E-state index in [9.17, 15) is 0 Å². The third-order valence-electron chi connectivity index (χ3n) is 6.25. The first-order chi connectivity index (χ1) is 14.2. The molecule has 5 heteroatoms. The highest BCUT2D eigenvalue weighted by atomic mass is 16.5. The Morgan fingerprint density at radius 2 is 1.48 bits per heavy atom. The number of rotatable bonds is 4. The smallest absolute Gasteiger partial charge is 0.169 e. The first-order valence-electron chi connectivity index (χ1n) is 9.88. The van der Waals surface area contributed by atoms with Crippen LogP contribution in [0.1, 0.15) is 17.5 Å². The van der Waals surface area contributed by atoms with E-state index in [4.69, 9.17) is 18.9 Å². The van der Waals surface area contributed by atoms with Crippen molar-refractivity contribution >= 4 is 21.5 Å². The Hall–Kier alpha value is -3.08. The normalized spacial score (nSPS) is 15.2. The molecular formula is C24H25NO4. The molecule has 0 amide bonds. The fourth-order valence-electron chi connectivity index (χ4n) is 4.89. The number of fused-ring (bicyclic) bond motifs is 7. The van der Waals surface area contributed by atoms with Gasteiger partial charge in [-0.05, 0) is 51.9 Å². The molecule has 5 rings (SSSR count). The monoisotopic (exact) mass is 391 g/mol. The van der Waals surface area contributed by atoms with E-state index >= 15 is 0 Å². The number of allylic oxidation sites excluding steroid dienone is 1. The van der Waals surface area contributed by atoms with E-state index in [2.05, 4.69) is 29.2 Å². The predicted octanol–water partition coefficient (Wildman–Crippen LogP) is 4.67. The topological polar surface area (TPSA) is 40.2 Å². The first-order valence-corrected chi connectivity index (χ1v) is 9.88. The van der Waals surface area contributed by atoms with Crippen LogP contribution in [-0.2, 0) is 13.0 Å². The second-order valence-electron chi connectivity index (χ2n) is 7.52. The van der Waals surface area contributed by atoms with Gasteiger partial charge in [0.25, 0.3) is 0 Å². The molecule has 2 aliphatic heterocycles. The second kappa shape index (κ2) is 6.76. The predicted molar refractivity (Wildman–Crippen MR) is 114 cm³/mol. The van der Waals surface area contributed by atoms with Gasteiger partial charge in [0.05, 0.1) is 28.4 Å². The second-order valence-corrected chi connectivity index (χ2v) is 7.52.